The molecule has 0 saturated heterocycles. The lowest BCUT2D eigenvalue weighted by atomic mass is 10.0. The maximum absolute atomic E-state index is 13.0. The molecule has 284 valence electrons. The van der Waals surface area contributed by atoms with Gasteiger partial charge in [0.15, 0.2) is 0 Å². The van der Waals surface area contributed by atoms with E-state index in [0.717, 1.165) is 0 Å². The quantitative estimate of drug-likeness (QED) is 0.0457. The van der Waals surface area contributed by atoms with Gasteiger partial charge < -0.3 is 58.7 Å². The van der Waals surface area contributed by atoms with Gasteiger partial charge in [-0.05, 0) is 44.4 Å². The molecule has 13 N–H and O–H groups in total. The van der Waals surface area contributed by atoms with Crippen molar-refractivity contribution in [3.8, 4) is 0 Å². The van der Waals surface area contributed by atoms with Gasteiger partial charge >= 0.3 is 11.9 Å². The van der Waals surface area contributed by atoms with Crippen molar-refractivity contribution in [1.82, 2.24) is 31.9 Å². The van der Waals surface area contributed by atoms with Crippen LogP contribution in [0.1, 0.15) is 73.1 Å². The third kappa shape index (κ3) is 18.6. The van der Waals surface area contributed by atoms with Crippen LogP contribution in [-0.2, 0) is 43.2 Å². The monoisotopic (exact) mass is 716 g/mol. The van der Waals surface area contributed by atoms with Crippen LogP contribution in [0.5, 0.6) is 0 Å². The first kappa shape index (κ1) is 45.2. The summed E-state index contributed by atoms with van der Waals surface area (Å²) in [5, 5.41) is 42.2. The average molecular weight is 717 g/mol. The summed E-state index contributed by atoms with van der Waals surface area (Å²) in [6.07, 6.45) is -1.36. The van der Waals surface area contributed by atoms with Gasteiger partial charge in [0.2, 0.25) is 41.4 Å². The number of nitrogens with one attached hydrogen (secondary N) is 6. The van der Waals surface area contributed by atoms with Crippen molar-refractivity contribution in [2.75, 3.05) is 13.2 Å². The molecule has 0 radical (unpaired) electrons. The highest BCUT2D eigenvalue weighted by Crippen LogP contribution is 2.09. The Labute approximate surface area is 289 Å². The third-order valence-electron chi connectivity index (χ3n) is 6.93. The lowest BCUT2D eigenvalue weighted by Gasteiger charge is -2.25. The van der Waals surface area contributed by atoms with Crippen LogP contribution in [-0.4, -0.2) is 118 Å². The fourth-order valence-corrected chi connectivity index (χ4v) is 4.34. The lowest BCUT2D eigenvalue weighted by Crippen LogP contribution is -2.58. The Balaban J connectivity index is 5.61. The lowest BCUT2D eigenvalue weighted by molar-refractivity contribution is -0.142. The fraction of sp³-hybridized carbons (Fsp3) is 0.700. The molecule has 20 nitrogen and oxygen atoms in total. The molecule has 0 spiro atoms. The second-order valence-electron chi connectivity index (χ2n) is 12.6. The predicted octanol–water partition coefficient (Wildman–Crippen LogP) is -3.83. The second-order valence-corrected chi connectivity index (χ2v) is 12.6. The molecule has 0 aliphatic carbocycles. The van der Waals surface area contributed by atoms with E-state index in [0.29, 0.717) is 0 Å². The highest BCUT2D eigenvalue weighted by Gasteiger charge is 2.31. The normalized spacial score (nSPS) is 14.6. The standard InChI is InChI=1S/C30H52N8O12/c1-14(2)10-19(37-25(44)16(5)31)27(46)35-17(7-9-24(42)43)26(45)33-12-23(41)34-21(13-39)29(48)38-20(11-15(3)4)28(47)36-18(30(49)50)6-8-22(32)40/h14-21,39H,6-13,31H2,1-5H3,(H2,32,40)(H,33,45)(H,34,41)(H,35,46)(H,36,47)(H,37,44)(H,38,48)(H,42,43)(H,49,50)/t16-,17-,18-,19-,20-,21-/m0/s1. The minimum absolute atomic E-state index is 0.0261. The van der Waals surface area contributed by atoms with E-state index < -0.39 is 109 Å². The number of aliphatic carboxylic acids is 2. The number of amides is 7. The molecule has 0 aromatic heterocycles. The number of carbonyl (C=O) groups is 9. The van der Waals surface area contributed by atoms with Crippen LogP contribution in [0.2, 0.25) is 0 Å². The summed E-state index contributed by atoms with van der Waals surface area (Å²) in [6.45, 7) is 6.69. The van der Waals surface area contributed by atoms with E-state index >= 15 is 0 Å². The molecule has 20 heteroatoms. The third-order valence-corrected chi connectivity index (χ3v) is 6.93. The summed E-state index contributed by atoms with van der Waals surface area (Å²) >= 11 is 0. The van der Waals surface area contributed by atoms with Gasteiger partial charge in [0.25, 0.3) is 0 Å². The van der Waals surface area contributed by atoms with E-state index in [2.05, 4.69) is 31.9 Å². The van der Waals surface area contributed by atoms with Crippen LogP contribution in [0.15, 0.2) is 0 Å². The molecule has 0 aromatic carbocycles. The molecule has 0 fully saturated rings. The number of carbonyl (C=O) groups excluding carboxylic acids is 7. The topological polar surface area (TPSA) is 339 Å². The first-order valence-corrected chi connectivity index (χ1v) is 16.1. The van der Waals surface area contributed by atoms with E-state index in [4.69, 9.17) is 16.6 Å². The Hall–Kier alpha value is -4.85. The Morgan fingerprint density at radius 2 is 1.02 bits per heavy atom. The number of carboxylic acids is 2. The second kappa shape index (κ2) is 22.7. The fourth-order valence-electron chi connectivity index (χ4n) is 4.34. The van der Waals surface area contributed by atoms with E-state index in [1.54, 1.807) is 27.7 Å². The van der Waals surface area contributed by atoms with Crippen molar-refractivity contribution in [2.24, 2.45) is 23.3 Å². The van der Waals surface area contributed by atoms with Gasteiger partial charge in [-0.1, -0.05) is 27.7 Å². The molecular weight excluding hydrogens is 664 g/mol. The number of hydrogen-bond donors (Lipinski definition) is 11. The molecule has 50 heavy (non-hydrogen) atoms. The Bertz CT molecular complexity index is 1230. The molecular formula is C30H52N8O12. The molecule has 0 aliphatic heterocycles. The summed E-state index contributed by atoms with van der Waals surface area (Å²) in [5.41, 5.74) is 10.6. The van der Waals surface area contributed by atoms with Crippen LogP contribution in [0.3, 0.4) is 0 Å². The van der Waals surface area contributed by atoms with Gasteiger partial charge in [-0.3, -0.25) is 38.4 Å². The Morgan fingerprint density at radius 3 is 1.44 bits per heavy atom. The zero-order valence-corrected chi connectivity index (χ0v) is 28.9. The zero-order chi connectivity index (χ0) is 38.7. The largest absolute Gasteiger partial charge is 0.481 e. The van der Waals surface area contributed by atoms with Crippen LogP contribution in [0.4, 0.5) is 0 Å². The number of nitrogens with two attached hydrogens (primary N) is 2. The highest BCUT2D eigenvalue weighted by molar-refractivity contribution is 5.96. The van der Waals surface area contributed by atoms with E-state index in [9.17, 15) is 53.4 Å². The zero-order valence-electron chi connectivity index (χ0n) is 28.9. The first-order valence-electron chi connectivity index (χ1n) is 16.1. The predicted molar refractivity (Wildman–Crippen MR) is 175 cm³/mol. The van der Waals surface area contributed by atoms with E-state index in [1.807, 2.05) is 0 Å². The molecule has 0 heterocycles. The van der Waals surface area contributed by atoms with Crippen LogP contribution in [0.25, 0.3) is 0 Å². The SMILES string of the molecule is CC(C)C[C@H](NC(=O)[C@H](C)N)C(=O)N[C@@H](CCC(=O)O)C(=O)NCC(=O)N[C@@H](CO)C(=O)N[C@@H](CC(C)C)C(=O)N[C@@H](CCC(N)=O)C(=O)O. The van der Waals surface area contributed by atoms with Crippen LogP contribution in [0, 0.1) is 11.8 Å². The van der Waals surface area contributed by atoms with Crippen molar-refractivity contribution < 1.29 is 58.5 Å². The molecule has 0 saturated carbocycles. The number of hydrogen-bond acceptors (Lipinski definition) is 11. The summed E-state index contributed by atoms with van der Waals surface area (Å²) in [7, 11) is 0. The molecule has 0 unspecified atom stereocenters. The first-order chi connectivity index (χ1) is 23.2. The number of aliphatic hydroxyl groups excluding tert-OH is 1. The van der Waals surface area contributed by atoms with Gasteiger partial charge in [-0.15, -0.1) is 0 Å². The van der Waals surface area contributed by atoms with Crippen molar-refractivity contribution in [2.45, 2.75) is 109 Å². The average Bonchev–Trinajstić information content (AvgIpc) is 3.00. The van der Waals surface area contributed by atoms with Gasteiger partial charge in [-0.2, -0.15) is 0 Å². The molecule has 0 aliphatic rings. The molecule has 0 bridgehead atoms. The highest BCUT2D eigenvalue weighted by atomic mass is 16.4. The van der Waals surface area contributed by atoms with Crippen LogP contribution >= 0.6 is 0 Å². The summed E-state index contributed by atoms with van der Waals surface area (Å²) < 4.78 is 0. The Morgan fingerprint density at radius 1 is 0.580 bits per heavy atom. The van der Waals surface area contributed by atoms with Gasteiger partial charge in [0.1, 0.15) is 30.2 Å². The number of rotatable bonds is 24. The minimum Gasteiger partial charge on any atom is -0.481 e. The molecule has 0 rings (SSSR count). The molecule has 6 atom stereocenters. The number of primary amides is 1. The summed E-state index contributed by atoms with van der Waals surface area (Å²) in [4.78, 5) is 110. The molecule has 0 aromatic rings. The number of carboxylic acid groups (broad SMARTS) is 2. The summed E-state index contributed by atoms with van der Waals surface area (Å²) in [5.74, 6) is -9.04. The minimum atomic E-state index is -1.63. The van der Waals surface area contributed by atoms with Gasteiger partial charge in [-0.25, -0.2) is 4.79 Å². The van der Waals surface area contributed by atoms with Crippen molar-refractivity contribution in [3.05, 3.63) is 0 Å². The smallest absolute Gasteiger partial charge is 0.326 e. The van der Waals surface area contributed by atoms with Crippen molar-refractivity contribution >= 4 is 53.3 Å². The van der Waals surface area contributed by atoms with Gasteiger partial charge in [0, 0.05) is 12.8 Å². The van der Waals surface area contributed by atoms with Gasteiger partial charge in [0.05, 0.1) is 19.2 Å². The van der Waals surface area contributed by atoms with Crippen molar-refractivity contribution in [3.63, 3.8) is 0 Å². The van der Waals surface area contributed by atoms with Crippen LogP contribution < -0.4 is 43.4 Å². The summed E-state index contributed by atoms with van der Waals surface area (Å²) in [6, 6.07) is -7.91. The van der Waals surface area contributed by atoms with Crippen molar-refractivity contribution in [1.29, 1.82) is 0 Å². The maximum Gasteiger partial charge on any atom is 0.326 e. The van der Waals surface area contributed by atoms with E-state index in [-0.39, 0.29) is 43.9 Å². The maximum atomic E-state index is 13.0. The Kier molecular flexibility index (Phi) is 20.5. The number of aliphatic hydroxyl groups is 1. The van der Waals surface area contributed by atoms with E-state index in [1.165, 1.54) is 6.92 Å². The molecule has 7 amide bonds.